The summed E-state index contributed by atoms with van der Waals surface area (Å²) in [7, 11) is 0. The predicted molar refractivity (Wildman–Crippen MR) is 83.5 cm³/mol. The molecule has 0 saturated carbocycles. The first-order chi connectivity index (χ1) is 9.94. The SMILES string of the molecule is CC(C)(C)Nc1c(-c2ccc(O)cc2)nc2cnccn12. The van der Waals surface area contributed by atoms with Crippen LogP contribution in [0.4, 0.5) is 5.82 Å². The third kappa shape index (κ3) is 2.67. The molecule has 5 nitrogen and oxygen atoms in total. The molecule has 0 bridgehead atoms. The Kier molecular flexibility index (Phi) is 3.05. The van der Waals surface area contributed by atoms with Gasteiger partial charge in [-0.3, -0.25) is 9.38 Å². The van der Waals surface area contributed by atoms with Crippen LogP contribution in [0.25, 0.3) is 16.9 Å². The first kappa shape index (κ1) is 13.4. The number of fused-ring (bicyclic) bond motifs is 1. The van der Waals surface area contributed by atoms with E-state index in [0.717, 1.165) is 22.7 Å². The minimum atomic E-state index is -0.0924. The second-order valence-corrected chi connectivity index (χ2v) is 6.04. The zero-order chi connectivity index (χ0) is 15.0. The number of hydrogen-bond donors (Lipinski definition) is 2. The molecule has 108 valence electrons. The van der Waals surface area contributed by atoms with Crippen molar-refractivity contribution in [1.29, 1.82) is 0 Å². The van der Waals surface area contributed by atoms with Crippen LogP contribution < -0.4 is 5.32 Å². The number of aromatic hydroxyl groups is 1. The van der Waals surface area contributed by atoms with Gasteiger partial charge in [0.25, 0.3) is 0 Å². The van der Waals surface area contributed by atoms with E-state index in [4.69, 9.17) is 0 Å². The van der Waals surface area contributed by atoms with Crippen molar-refractivity contribution in [1.82, 2.24) is 14.4 Å². The van der Waals surface area contributed by atoms with Crippen LogP contribution in [-0.4, -0.2) is 25.0 Å². The Bertz CT molecular complexity index is 769. The van der Waals surface area contributed by atoms with Crippen molar-refractivity contribution in [2.24, 2.45) is 0 Å². The summed E-state index contributed by atoms with van der Waals surface area (Å²) in [5, 5.41) is 12.9. The van der Waals surface area contributed by atoms with Gasteiger partial charge < -0.3 is 10.4 Å². The van der Waals surface area contributed by atoms with Gasteiger partial charge in [-0.15, -0.1) is 0 Å². The van der Waals surface area contributed by atoms with E-state index in [1.165, 1.54) is 0 Å². The van der Waals surface area contributed by atoms with Gasteiger partial charge >= 0.3 is 0 Å². The summed E-state index contributed by atoms with van der Waals surface area (Å²) in [6.45, 7) is 6.32. The molecule has 0 fully saturated rings. The van der Waals surface area contributed by atoms with Gasteiger partial charge in [0.05, 0.1) is 6.20 Å². The second-order valence-electron chi connectivity index (χ2n) is 6.04. The molecule has 1 aromatic carbocycles. The highest BCUT2D eigenvalue weighted by atomic mass is 16.3. The first-order valence-corrected chi connectivity index (χ1v) is 6.84. The lowest BCUT2D eigenvalue weighted by Crippen LogP contribution is -2.27. The quantitative estimate of drug-likeness (QED) is 0.757. The van der Waals surface area contributed by atoms with Gasteiger partial charge in [-0.05, 0) is 45.0 Å². The Labute approximate surface area is 123 Å². The Balaban J connectivity index is 2.21. The molecule has 0 aliphatic rings. The predicted octanol–water partition coefficient (Wildman–Crippen LogP) is 3.31. The topological polar surface area (TPSA) is 62.5 Å². The lowest BCUT2D eigenvalue weighted by molar-refractivity contribution is 0.475. The normalized spacial score (nSPS) is 11.8. The molecule has 2 N–H and O–H groups in total. The van der Waals surface area contributed by atoms with Gasteiger partial charge in [-0.2, -0.15) is 0 Å². The van der Waals surface area contributed by atoms with E-state index < -0.39 is 0 Å². The Morgan fingerprint density at radius 1 is 1.14 bits per heavy atom. The zero-order valence-electron chi connectivity index (χ0n) is 12.3. The van der Waals surface area contributed by atoms with E-state index in [0.29, 0.717) is 0 Å². The summed E-state index contributed by atoms with van der Waals surface area (Å²) in [4.78, 5) is 8.77. The molecule has 0 aliphatic heterocycles. The number of hydrogen-bond acceptors (Lipinski definition) is 4. The second kappa shape index (κ2) is 4.77. The van der Waals surface area contributed by atoms with Crippen LogP contribution in [0.2, 0.25) is 0 Å². The molecule has 0 atom stereocenters. The lowest BCUT2D eigenvalue weighted by atomic mass is 10.1. The average molecular weight is 282 g/mol. The number of anilines is 1. The minimum absolute atomic E-state index is 0.0924. The third-order valence-corrected chi connectivity index (χ3v) is 3.06. The Hall–Kier alpha value is -2.56. The summed E-state index contributed by atoms with van der Waals surface area (Å²) < 4.78 is 1.99. The summed E-state index contributed by atoms with van der Waals surface area (Å²) in [6.07, 6.45) is 5.36. The van der Waals surface area contributed by atoms with Gasteiger partial charge in [0.15, 0.2) is 5.65 Å². The number of nitrogens with one attached hydrogen (secondary N) is 1. The summed E-state index contributed by atoms with van der Waals surface area (Å²) in [5.41, 5.74) is 2.48. The van der Waals surface area contributed by atoms with Crippen LogP contribution in [0.5, 0.6) is 5.75 Å². The van der Waals surface area contributed by atoms with E-state index >= 15 is 0 Å². The van der Waals surface area contributed by atoms with Gasteiger partial charge in [0.1, 0.15) is 17.3 Å². The van der Waals surface area contributed by atoms with Gasteiger partial charge in [-0.1, -0.05) is 0 Å². The van der Waals surface area contributed by atoms with Crippen molar-refractivity contribution >= 4 is 11.5 Å². The van der Waals surface area contributed by atoms with Crippen molar-refractivity contribution in [3.63, 3.8) is 0 Å². The minimum Gasteiger partial charge on any atom is -0.508 e. The molecular formula is C16H18N4O. The van der Waals surface area contributed by atoms with Crippen LogP contribution in [0, 0.1) is 0 Å². The maximum absolute atomic E-state index is 9.45. The van der Waals surface area contributed by atoms with E-state index in [9.17, 15) is 5.11 Å². The third-order valence-electron chi connectivity index (χ3n) is 3.06. The number of nitrogens with zero attached hydrogens (tertiary/aromatic N) is 3. The molecule has 0 spiro atoms. The fraction of sp³-hybridized carbons (Fsp3) is 0.250. The molecule has 0 aliphatic carbocycles. The summed E-state index contributed by atoms with van der Waals surface area (Å²) >= 11 is 0. The number of aromatic nitrogens is 3. The molecule has 3 aromatic rings. The lowest BCUT2D eigenvalue weighted by Gasteiger charge is -2.22. The van der Waals surface area contributed by atoms with Crippen LogP contribution in [0.15, 0.2) is 42.9 Å². The molecule has 0 unspecified atom stereocenters. The molecule has 21 heavy (non-hydrogen) atoms. The van der Waals surface area contributed by atoms with Crippen molar-refractivity contribution in [3.8, 4) is 17.0 Å². The van der Waals surface area contributed by atoms with Gasteiger partial charge in [-0.25, -0.2) is 4.98 Å². The fourth-order valence-corrected chi connectivity index (χ4v) is 2.20. The smallest absolute Gasteiger partial charge is 0.157 e. The van der Waals surface area contributed by atoms with Crippen LogP contribution in [-0.2, 0) is 0 Å². The van der Waals surface area contributed by atoms with E-state index in [2.05, 4.69) is 36.1 Å². The maximum atomic E-state index is 9.45. The molecule has 2 aromatic heterocycles. The molecule has 0 amide bonds. The molecular weight excluding hydrogens is 264 g/mol. The molecule has 3 rings (SSSR count). The van der Waals surface area contributed by atoms with E-state index in [1.54, 1.807) is 24.5 Å². The van der Waals surface area contributed by atoms with Crippen molar-refractivity contribution < 1.29 is 5.11 Å². The van der Waals surface area contributed by atoms with E-state index in [-0.39, 0.29) is 11.3 Å². The Morgan fingerprint density at radius 2 is 1.86 bits per heavy atom. The summed E-state index contributed by atoms with van der Waals surface area (Å²) in [6, 6.07) is 7.05. The van der Waals surface area contributed by atoms with Crippen molar-refractivity contribution in [2.75, 3.05) is 5.32 Å². The van der Waals surface area contributed by atoms with Crippen molar-refractivity contribution in [3.05, 3.63) is 42.9 Å². The van der Waals surface area contributed by atoms with Crippen LogP contribution in [0.1, 0.15) is 20.8 Å². The maximum Gasteiger partial charge on any atom is 0.157 e. The van der Waals surface area contributed by atoms with Gasteiger partial charge in [0, 0.05) is 23.5 Å². The average Bonchev–Trinajstić information content (AvgIpc) is 2.77. The highest BCUT2D eigenvalue weighted by molar-refractivity contribution is 5.76. The number of imidazole rings is 1. The van der Waals surface area contributed by atoms with E-state index in [1.807, 2.05) is 22.7 Å². The van der Waals surface area contributed by atoms with Crippen LogP contribution >= 0.6 is 0 Å². The number of phenolic OH excluding ortho intramolecular Hbond substituents is 1. The Morgan fingerprint density at radius 3 is 2.52 bits per heavy atom. The highest BCUT2D eigenvalue weighted by Gasteiger charge is 2.19. The first-order valence-electron chi connectivity index (χ1n) is 6.84. The van der Waals surface area contributed by atoms with Crippen molar-refractivity contribution in [2.45, 2.75) is 26.3 Å². The monoisotopic (exact) mass is 282 g/mol. The summed E-state index contributed by atoms with van der Waals surface area (Å²) in [5.74, 6) is 1.17. The molecule has 0 radical (unpaired) electrons. The standard InChI is InChI=1S/C16H18N4O/c1-16(2,3)19-15-14(11-4-6-12(21)7-5-11)18-13-10-17-8-9-20(13)15/h4-10,19,21H,1-3H3. The fourth-order valence-electron chi connectivity index (χ4n) is 2.20. The molecule has 0 saturated heterocycles. The molecule has 2 heterocycles. The molecule has 5 heteroatoms. The number of rotatable bonds is 2. The highest BCUT2D eigenvalue weighted by Crippen LogP contribution is 2.31. The van der Waals surface area contributed by atoms with Crippen LogP contribution in [0.3, 0.4) is 0 Å². The zero-order valence-corrected chi connectivity index (χ0v) is 12.3. The number of phenols is 1. The largest absolute Gasteiger partial charge is 0.508 e. The van der Waals surface area contributed by atoms with Gasteiger partial charge in [0.2, 0.25) is 0 Å². The number of benzene rings is 1.